The number of phenols is 1. The minimum absolute atomic E-state index is 0.0818. The predicted octanol–water partition coefficient (Wildman–Crippen LogP) is 4.88. The maximum atomic E-state index is 12.6. The smallest absolute Gasteiger partial charge is 0.294 e. The fraction of sp³-hybridized carbons (Fsp3) is 0.150. The van der Waals surface area contributed by atoms with Crippen molar-refractivity contribution in [1.29, 1.82) is 0 Å². The first-order valence-electron chi connectivity index (χ1n) is 8.74. The van der Waals surface area contributed by atoms with Gasteiger partial charge in [-0.3, -0.25) is 19.3 Å². The van der Waals surface area contributed by atoms with Gasteiger partial charge >= 0.3 is 0 Å². The van der Waals surface area contributed by atoms with Crippen LogP contribution in [-0.2, 0) is 9.59 Å². The average Bonchev–Trinajstić information content (AvgIpc) is 2.95. The molecule has 0 unspecified atom stereocenters. The van der Waals surface area contributed by atoms with E-state index in [1.807, 2.05) is 6.92 Å². The van der Waals surface area contributed by atoms with Gasteiger partial charge in [-0.2, -0.15) is 0 Å². The third-order valence-electron chi connectivity index (χ3n) is 3.97. The number of rotatable bonds is 6. The quantitative estimate of drug-likeness (QED) is 0.537. The van der Waals surface area contributed by atoms with Crippen molar-refractivity contribution in [1.82, 2.24) is 4.90 Å². The van der Waals surface area contributed by atoms with Gasteiger partial charge in [-0.25, -0.2) is 0 Å². The molecule has 0 bridgehead atoms. The first-order valence-corrected chi connectivity index (χ1v) is 10.7. The minimum atomic E-state index is -0.623. The Hall–Kier alpha value is -2.49. The van der Waals surface area contributed by atoms with Gasteiger partial charge in [0.05, 0.1) is 16.5 Å². The SMILES string of the molecule is CCOc1ccc(NC(=O)CN2C(=O)S/C(=C\c3cc(Br)cc(Cl)c3O)C2=O)cc1. The number of anilines is 1. The van der Waals surface area contributed by atoms with E-state index in [9.17, 15) is 19.5 Å². The molecule has 3 amide bonds. The normalized spacial score (nSPS) is 15.0. The first-order chi connectivity index (χ1) is 14.3. The summed E-state index contributed by atoms with van der Waals surface area (Å²) < 4.78 is 5.94. The van der Waals surface area contributed by atoms with Gasteiger partial charge in [0.15, 0.2) is 0 Å². The molecule has 1 saturated heterocycles. The van der Waals surface area contributed by atoms with Crippen LogP contribution in [0.5, 0.6) is 11.5 Å². The number of hydrogen-bond donors (Lipinski definition) is 2. The Morgan fingerprint density at radius 2 is 2.00 bits per heavy atom. The Bertz CT molecular complexity index is 1040. The van der Waals surface area contributed by atoms with Gasteiger partial charge in [0.25, 0.3) is 11.1 Å². The van der Waals surface area contributed by atoms with Crippen LogP contribution < -0.4 is 10.1 Å². The maximum absolute atomic E-state index is 12.6. The van der Waals surface area contributed by atoms with E-state index in [0.29, 0.717) is 34.3 Å². The van der Waals surface area contributed by atoms with Gasteiger partial charge in [0.1, 0.15) is 18.0 Å². The highest BCUT2D eigenvalue weighted by Gasteiger charge is 2.36. The molecule has 0 aliphatic carbocycles. The molecule has 1 aliphatic heterocycles. The third kappa shape index (κ3) is 5.16. The molecule has 3 rings (SSSR count). The van der Waals surface area contributed by atoms with Crippen molar-refractivity contribution in [3.05, 3.63) is 56.4 Å². The molecule has 1 aliphatic rings. The molecule has 1 heterocycles. The van der Waals surface area contributed by atoms with Crippen LogP contribution in [0.3, 0.4) is 0 Å². The number of imide groups is 1. The molecule has 1 fully saturated rings. The second kappa shape index (κ2) is 9.55. The van der Waals surface area contributed by atoms with Crippen molar-refractivity contribution in [3.8, 4) is 11.5 Å². The summed E-state index contributed by atoms with van der Waals surface area (Å²) >= 11 is 9.88. The van der Waals surface area contributed by atoms with Crippen LogP contribution in [0.1, 0.15) is 12.5 Å². The summed E-state index contributed by atoms with van der Waals surface area (Å²) in [5.74, 6) is -0.680. The highest BCUT2D eigenvalue weighted by atomic mass is 79.9. The minimum Gasteiger partial charge on any atom is -0.506 e. The van der Waals surface area contributed by atoms with Gasteiger partial charge in [-0.05, 0) is 61.2 Å². The lowest BCUT2D eigenvalue weighted by molar-refractivity contribution is -0.127. The molecule has 0 saturated carbocycles. The molecule has 7 nitrogen and oxygen atoms in total. The zero-order valence-corrected chi connectivity index (χ0v) is 18.8. The van der Waals surface area contributed by atoms with Crippen LogP contribution in [0.2, 0.25) is 5.02 Å². The van der Waals surface area contributed by atoms with E-state index in [2.05, 4.69) is 21.2 Å². The van der Waals surface area contributed by atoms with E-state index >= 15 is 0 Å². The zero-order valence-electron chi connectivity index (χ0n) is 15.6. The number of nitrogens with one attached hydrogen (secondary N) is 1. The molecular weight excluding hydrogens is 496 g/mol. The van der Waals surface area contributed by atoms with E-state index < -0.39 is 23.6 Å². The number of thioether (sulfide) groups is 1. The van der Waals surface area contributed by atoms with Crippen molar-refractivity contribution in [2.45, 2.75) is 6.92 Å². The third-order valence-corrected chi connectivity index (χ3v) is 5.62. The van der Waals surface area contributed by atoms with Crippen molar-refractivity contribution in [3.63, 3.8) is 0 Å². The molecule has 30 heavy (non-hydrogen) atoms. The second-order valence-corrected chi connectivity index (χ2v) is 8.41. The number of carbonyl (C=O) groups excluding carboxylic acids is 3. The molecule has 2 aromatic carbocycles. The van der Waals surface area contributed by atoms with Crippen molar-refractivity contribution in [2.24, 2.45) is 0 Å². The number of phenolic OH excluding ortho intramolecular Hbond substituents is 1. The molecule has 0 atom stereocenters. The fourth-order valence-electron chi connectivity index (χ4n) is 2.62. The Balaban J connectivity index is 1.70. The van der Waals surface area contributed by atoms with Crippen molar-refractivity contribution in [2.75, 3.05) is 18.5 Å². The van der Waals surface area contributed by atoms with E-state index in [1.165, 1.54) is 12.1 Å². The molecule has 2 N–H and O–H groups in total. The van der Waals surface area contributed by atoms with E-state index in [0.717, 1.165) is 4.90 Å². The lowest BCUT2D eigenvalue weighted by Gasteiger charge is -2.12. The lowest BCUT2D eigenvalue weighted by atomic mass is 10.2. The van der Waals surface area contributed by atoms with E-state index in [1.54, 1.807) is 30.3 Å². The number of carbonyl (C=O) groups is 3. The van der Waals surface area contributed by atoms with E-state index in [4.69, 9.17) is 16.3 Å². The van der Waals surface area contributed by atoms with Crippen molar-refractivity contribution < 1.29 is 24.2 Å². The molecule has 0 aromatic heterocycles. The summed E-state index contributed by atoms with van der Waals surface area (Å²) in [6.45, 7) is 1.97. The van der Waals surface area contributed by atoms with Crippen LogP contribution in [0.25, 0.3) is 6.08 Å². The highest BCUT2D eigenvalue weighted by Crippen LogP contribution is 2.37. The number of nitrogens with zero attached hydrogens (tertiary/aromatic N) is 1. The summed E-state index contributed by atoms with van der Waals surface area (Å²) in [7, 11) is 0. The van der Waals surface area contributed by atoms with Crippen LogP contribution in [-0.4, -0.2) is 40.2 Å². The van der Waals surface area contributed by atoms with Gasteiger partial charge in [-0.1, -0.05) is 27.5 Å². The molecule has 156 valence electrons. The number of hydrogen-bond acceptors (Lipinski definition) is 6. The summed E-state index contributed by atoms with van der Waals surface area (Å²) in [5.41, 5.74) is 0.790. The van der Waals surface area contributed by atoms with Gasteiger partial charge in [-0.15, -0.1) is 0 Å². The summed E-state index contributed by atoms with van der Waals surface area (Å²) in [4.78, 5) is 38.1. The Kier molecular flexibility index (Phi) is 7.06. The molecule has 0 spiro atoms. The number of halogens is 2. The van der Waals surface area contributed by atoms with Crippen LogP contribution in [0.15, 0.2) is 45.8 Å². The standard InChI is InChI=1S/C20H16BrClN2O5S/c1-2-29-14-5-3-13(4-6-14)23-17(25)10-24-19(27)16(30-20(24)28)8-11-7-12(21)9-15(22)18(11)26/h3-9,26H,2,10H2,1H3,(H,23,25)/b16-8-. The molecule has 2 aromatic rings. The Morgan fingerprint density at radius 1 is 1.30 bits per heavy atom. The van der Waals surface area contributed by atoms with Crippen LogP contribution in [0, 0.1) is 0 Å². The van der Waals surface area contributed by atoms with Gasteiger partial charge in [0.2, 0.25) is 5.91 Å². The summed E-state index contributed by atoms with van der Waals surface area (Å²) in [5, 5.41) is 12.2. The zero-order chi connectivity index (χ0) is 21.8. The monoisotopic (exact) mass is 510 g/mol. The van der Waals surface area contributed by atoms with Crippen molar-refractivity contribution >= 4 is 68.1 Å². The largest absolute Gasteiger partial charge is 0.506 e. The second-order valence-electron chi connectivity index (χ2n) is 6.10. The average molecular weight is 512 g/mol. The molecular formula is C20H16BrClN2O5S. The lowest BCUT2D eigenvalue weighted by Crippen LogP contribution is -2.36. The Labute approximate surface area is 190 Å². The summed E-state index contributed by atoms with van der Waals surface area (Å²) in [6.07, 6.45) is 1.36. The van der Waals surface area contributed by atoms with Gasteiger partial charge in [0, 0.05) is 15.7 Å². The number of aromatic hydroxyl groups is 1. The number of ether oxygens (including phenoxy) is 1. The molecule has 10 heteroatoms. The summed E-state index contributed by atoms with van der Waals surface area (Å²) in [6, 6.07) is 9.81. The van der Waals surface area contributed by atoms with Crippen LogP contribution >= 0.6 is 39.3 Å². The first kappa shape index (κ1) is 22.2. The predicted molar refractivity (Wildman–Crippen MR) is 120 cm³/mol. The topological polar surface area (TPSA) is 95.9 Å². The fourth-order valence-corrected chi connectivity index (χ4v) is 4.28. The van der Waals surface area contributed by atoms with Gasteiger partial charge < -0.3 is 15.2 Å². The van der Waals surface area contributed by atoms with Crippen LogP contribution in [0.4, 0.5) is 10.5 Å². The number of amides is 3. The molecule has 0 radical (unpaired) electrons. The number of benzene rings is 2. The maximum Gasteiger partial charge on any atom is 0.294 e. The van der Waals surface area contributed by atoms with E-state index in [-0.39, 0.29) is 21.2 Å². The highest BCUT2D eigenvalue weighted by molar-refractivity contribution is 9.10. The Morgan fingerprint density at radius 3 is 2.67 bits per heavy atom.